The van der Waals surface area contributed by atoms with E-state index in [0.29, 0.717) is 5.16 Å². The number of aryl methyl sites for hydroxylation is 1. The third-order valence-corrected chi connectivity index (χ3v) is 3.56. The Balaban J connectivity index is 2.21. The number of thiazole rings is 1. The molecule has 0 saturated carbocycles. The fourth-order valence-corrected chi connectivity index (χ4v) is 2.65. The second-order valence-corrected chi connectivity index (χ2v) is 4.96. The van der Waals surface area contributed by atoms with Crippen LogP contribution in [-0.2, 0) is 0 Å². The van der Waals surface area contributed by atoms with Crippen molar-refractivity contribution in [2.75, 3.05) is 0 Å². The lowest BCUT2D eigenvalue weighted by atomic mass is 10.4. The molecular weight excluding hydrogens is 246 g/mol. The van der Waals surface area contributed by atoms with Gasteiger partial charge in [0.05, 0.1) is 0 Å². The summed E-state index contributed by atoms with van der Waals surface area (Å²) in [5.41, 5.74) is 0.924. The van der Waals surface area contributed by atoms with Gasteiger partial charge in [-0.3, -0.25) is 0 Å². The number of rotatable bonds is 3. The third-order valence-electron chi connectivity index (χ3n) is 1.63. The minimum absolute atomic E-state index is 0.00854. The van der Waals surface area contributed by atoms with Gasteiger partial charge in [-0.15, -0.1) is 11.3 Å². The minimum atomic E-state index is -1.06. The van der Waals surface area contributed by atoms with Crippen LogP contribution in [-0.4, -0.2) is 26.0 Å². The van der Waals surface area contributed by atoms with Crippen LogP contribution >= 0.6 is 23.1 Å². The van der Waals surface area contributed by atoms with Crippen LogP contribution in [0.15, 0.2) is 27.1 Å². The van der Waals surface area contributed by atoms with E-state index in [9.17, 15) is 4.79 Å². The highest BCUT2D eigenvalue weighted by Crippen LogP contribution is 2.27. The molecule has 0 aliphatic rings. The predicted octanol–water partition coefficient (Wildman–Crippen LogP) is 2.09. The molecule has 0 atom stereocenters. The lowest BCUT2D eigenvalue weighted by Gasteiger charge is -1.97. The second-order valence-electron chi connectivity index (χ2n) is 2.89. The van der Waals surface area contributed by atoms with E-state index in [-0.39, 0.29) is 5.69 Å². The molecule has 7 heteroatoms. The van der Waals surface area contributed by atoms with Crippen LogP contribution in [0.3, 0.4) is 0 Å². The van der Waals surface area contributed by atoms with Crippen molar-refractivity contribution in [3.05, 3.63) is 29.0 Å². The second kappa shape index (κ2) is 4.58. The van der Waals surface area contributed by atoms with E-state index < -0.39 is 5.97 Å². The van der Waals surface area contributed by atoms with Gasteiger partial charge in [0.2, 0.25) is 0 Å². The average molecular weight is 253 g/mol. The summed E-state index contributed by atoms with van der Waals surface area (Å²) in [4.78, 5) is 22.8. The molecule has 2 aromatic heterocycles. The maximum Gasteiger partial charge on any atom is 0.354 e. The Morgan fingerprint density at radius 1 is 1.50 bits per heavy atom. The molecule has 82 valence electrons. The number of aromatic nitrogens is 3. The smallest absolute Gasteiger partial charge is 0.354 e. The first-order valence-corrected chi connectivity index (χ1v) is 6.01. The zero-order chi connectivity index (χ0) is 11.5. The molecule has 2 heterocycles. The number of aromatic carboxylic acids is 1. The van der Waals surface area contributed by atoms with Crippen molar-refractivity contribution in [3.8, 4) is 0 Å². The molecule has 1 N–H and O–H groups in total. The zero-order valence-electron chi connectivity index (χ0n) is 8.25. The van der Waals surface area contributed by atoms with Crippen molar-refractivity contribution < 1.29 is 9.90 Å². The van der Waals surface area contributed by atoms with Crippen molar-refractivity contribution in [2.45, 2.75) is 16.4 Å². The molecule has 0 saturated heterocycles. The monoisotopic (exact) mass is 253 g/mol. The standard InChI is InChI=1S/C9H7N3O2S2/c1-5-4-15-9(11-5)16-8-10-3-2-6(12-8)7(13)14/h2-4H,1H3,(H,13,14). The first-order chi connectivity index (χ1) is 7.65. The number of nitrogens with zero attached hydrogens (tertiary/aromatic N) is 3. The summed E-state index contributed by atoms with van der Waals surface area (Å²) < 4.78 is 0.806. The summed E-state index contributed by atoms with van der Waals surface area (Å²) in [6.07, 6.45) is 1.43. The third kappa shape index (κ3) is 2.56. The lowest BCUT2D eigenvalue weighted by Crippen LogP contribution is -2.01. The van der Waals surface area contributed by atoms with Gasteiger partial charge in [-0.25, -0.2) is 19.7 Å². The van der Waals surface area contributed by atoms with Gasteiger partial charge in [-0.1, -0.05) is 0 Å². The number of carbonyl (C=O) groups is 1. The molecule has 0 aliphatic heterocycles. The number of hydrogen-bond acceptors (Lipinski definition) is 6. The van der Waals surface area contributed by atoms with Gasteiger partial charge in [0, 0.05) is 17.3 Å². The highest BCUT2D eigenvalue weighted by Gasteiger charge is 2.08. The van der Waals surface area contributed by atoms with Crippen LogP contribution in [0.4, 0.5) is 0 Å². The Hall–Kier alpha value is -1.47. The van der Waals surface area contributed by atoms with Gasteiger partial charge in [-0.05, 0) is 24.8 Å². The summed E-state index contributed by atoms with van der Waals surface area (Å²) >= 11 is 2.74. The van der Waals surface area contributed by atoms with Crippen LogP contribution in [0.25, 0.3) is 0 Å². The Labute approximate surface area is 99.6 Å². The van der Waals surface area contributed by atoms with Crippen LogP contribution in [0, 0.1) is 6.92 Å². The SMILES string of the molecule is Cc1csc(Sc2nccc(C(=O)O)n2)n1. The van der Waals surface area contributed by atoms with Crippen LogP contribution in [0.2, 0.25) is 0 Å². The Bertz CT molecular complexity index is 527. The number of carboxylic acids is 1. The highest BCUT2D eigenvalue weighted by atomic mass is 32.2. The van der Waals surface area contributed by atoms with E-state index in [1.807, 2.05) is 12.3 Å². The molecule has 2 aromatic rings. The fourth-order valence-electron chi connectivity index (χ4n) is 0.966. The fraction of sp³-hybridized carbons (Fsp3) is 0.111. The summed E-state index contributed by atoms with van der Waals surface area (Å²) in [6.45, 7) is 1.90. The number of carboxylic acid groups (broad SMARTS) is 1. The molecule has 2 rings (SSSR count). The Kier molecular flexibility index (Phi) is 3.16. The van der Waals surface area contributed by atoms with E-state index in [0.717, 1.165) is 10.0 Å². The normalized spacial score (nSPS) is 10.3. The summed E-state index contributed by atoms with van der Waals surface area (Å²) in [5.74, 6) is -1.06. The summed E-state index contributed by atoms with van der Waals surface area (Å²) in [5, 5.41) is 11.1. The molecule has 0 radical (unpaired) electrons. The van der Waals surface area contributed by atoms with E-state index in [4.69, 9.17) is 5.11 Å². The zero-order valence-corrected chi connectivity index (χ0v) is 9.88. The van der Waals surface area contributed by atoms with Crippen molar-refractivity contribution >= 4 is 29.1 Å². The van der Waals surface area contributed by atoms with Crippen LogP contribution in [0.1, 0.15) is 16.2 Å². The van der Waals surface area contributed by atoms with Crippen LogP contribution in [0.5, 0.6) is 0 Å². The van der Waals surface area contributed by atoms with Gasteiger partial charge in [0.1, 0.15) is 0 Å². The molecule has 0 aromatic carbocycles. The van der Waals surface area contributed by atoms with E-state index in [1.54, 1.807) is 0 Å². The summed E-state index contributed by atoms with van der Waals surface area (Å²) in [7, 11) is 0. The van der Waals surface area contributed by atoms with Gasteiger partial charge in [-0.2, -0.15) is 0 Å². The topological polar surface area (TPSA) is 76.0 Å². The van der Waals surface area contributed by atoms with Crippen LogP contribution < -0.4 is 0 Å². The van der Waals surface area contributed by atoms with Gasteiger partial charge in [0.25, 0.3) is 0 Å². The quantitative estimate of drug-likeness (QED) is 0.844. The van der Waals surface area contributed by atoms with Crippen molar-refractivity contribution in [2.24, 2.45) is 0 Å². The Morgan fingerprint density at radius 3 is 2.94 bits per heavy atom. The van der Waals surface area contributed by atoms with Crippen molar-refractivity contribution in [1.29, 1.82) is 0 Å². The first-order valence-electron chi connectivity index (χ1n) is 4.31. The van der Waals surface area contributed by atoms with E-state index >= 15 is 0 Å². The van der Waals surface area contributed by atoms with Crippen molar-refractivity contribution in [3.63, 3.8) is 0 Å². The molecule has 0 aliphatic carbocycles. The van der Waals surface area contributed by atoms with Gasteiger partial charge >= 0.3 is 5.97 Å². The summed E-state index contributed by atoms with van der Waals surface area (Å²) in [6, 6.07) is 1.36. The highest BCUT2D eigenvalue weighted by molar-refractivity contribution is 8.00. The maximum absolute atomic E-state index is 10.7. The molecule has 0 unspecified atom stereocenters. The van der Waals surface area contributed by atoms with E-state index in [1.165, 1.54) is 35.4 Å². The molecule has 0 bridgehead atoms. The average Bonchev–Trinajstić information content (AvgIpc) is 2.64. The Morgan fingerprint density at radius 2 is 2.31 bits per heavy atom. The lowest BCUT2D eigenvalue weighted by molar-refractivity contribution is 0.0689. The van der Waals surface area contributed by atoms with E-state index in [2.05, 4.69) is 15.0 Å². The first kappa shape index (κ1) is 11.0. The minimum Gasteiger partial charge on any atom is -0.477 e. The van der Waals surface area contributed by atoms with Gasteiger partial charge < -0.3 is 5.11 Å². The molecule has 0 spiro atoms. The predicted molar refractivity (Wildman–Crippen MR) is 60.0 cm³/mol. The molecule has 16 heavy (non-hydrogen) atoms. The largest absolute Gasteiger partial charge is 0.477 e. The van der Waals surface area contributed by atoms with Crippen molar-refractivity contribution in [1.82, 2.24) is 15.0 Å². The maximum atomic E-state index is 10.7. The molecule has 5 nitrogen and oxygen atoms in total. The number of hydrogen-bond donors (Lipinski definition) is 1. The molecule has 0 amide bonds. The van der Waals surface area contributed by atoms with Gasteiger partial charge in [0.15, 0.2) is 15.2 Å². The molecule has 0 fully saturated rings. The molecular formula is C9H7N3O2S2.